The first kappa shape index (κ1) is 15.6. The average molecular weight is 313 g/mol. The van der Waals surface area contributed by atoms with E-state index >= 15 is 0 Å². The molecule has 2 heterocycles. The smallest absolute Gasteiger partial charge is 0.295 e. The molecule has 0 spiro atoms. The first-order chi connectivity index (χ1) is 11.1. The van der Waals surface area contributed by atoms with Gasteiger partial charge in [-0.05, 0) is 57.3 Å². The number of hydrogen-bond acceptors (Lipinski definition) is 5. The van der Waals surface area contributed by atoms with E-state index in [1.807, 2.05) is 27.1 Å². The summed E-state index contributed by atoms with van der Waals surface area (Å²) < 4.78 is 11.6. The Labute approximate surface area is 136 Å². The van der Waals surface area contributed by atoms with Gasteiger partial charge in [0, 0.05) is 13.0 Å². The van der Waals surface area contributed by atoms with Crippen molar-refractivity contribution in [3.05, 3.63) is 47.4 Å². The maximum absolute atomic E-state index is 5.85. The maximum atomic E-state index is 5.85. The number of furan rings is 1. The Bertz CT molecular complexity index is 774. The fourth-order valence-corrected chi connectivity index (χ4v) is 2.57. The normalized spacial score (nSPS) is 11.5. The molecule has 0 saturated heterocycles. The minimum Gasteiger partial charge on any atom is -0.465 e. The number of fused-ring (bicyclic) bond motifs is 1. The Morgan fingerprint density at radius 2 is 1.87 bits per heavy atom. The third kappa shape index (κ3) is 3.93. The van der Waals surface area contributed by atoms with Crippen LogP contribution in [-0.2, 0) is 19.4 Å². The van der Waals surface area contributed by atoms with Crippen LogP contribution in [0.1, 0.15) is 24.0 Å². The molecule has 0 unspecified atom stereocenters. The van der Waals surface area contributed by atoms with E-state index in [1.165, 1.54) is 5.56 Å². The summed E-state index contributed by atoms with van der Waals surface area (Å²) in [4.78, 5) is 6.49. The van der Waals surface area contributed by atoms with Gasteiger partial charge in [-0.25, -0.2) is 0 Å². The summed E-state index contributed by atoms with van der Waals surface area (Å²) in [5, 5.41) is 3.10. The predicted molar refractivity (Wildman–Crippen MR) is 91.7 cm³/mol. The van der Waals surface area contributed by atoms with Gasteiger partial charge in [0.2, 0.25) is 0 Å². The lowest BCUT2D eigenvalue weighted by Gasteiger charge is -2.05. The molecule has 0 aliphatic heterocycles. The van der Waals surface area contributed by atoms with E-state index in [1.54, 1.807) is 0 Å². The molecule has 0 radical (unpaired) electrons. The van der Waals surface area contributed by atoms with Gasteiger partial charge < -0.3 is 19.1 Å². The fraction of sp³-hybridized carbons (Fsp3) is 0.389. The molecule has 0 amide bonds. The van der Waals surface area contributed by atoms with Crippen LogP contribution in [-0.4, -0.2) is 30.5 Å². The zero-order valence-corrected chi connectivity index (χ0v) is 13.9. The fourth-order valence-electron chi connectivity index (χ4n) is 2.57. The molecule has 0 aliphatic carbocycles. The van der Waals surface area contributed by atoms with Crippen molar-refractivity contribution in [2.45, 2.75) is 26.3 Å². The van der Waals surface area contributed by atoms with Crippen molar-refractivity contribution in [2.24, 2.45) is 0 Å². The topological polar surface area (TPSA) is 54.4 Å². The lowest BCUT2D eigenvalue weighted by atomic mass is 10.1. The molecule has 2 aromatic heterocycles. The van der Waals surface area contributed by atoms with Crippen LogP contribution in [0, 0.1) is 0 Å². The van der Waals surface area contributed by atoms with Crippen LogP contribution >= 0.6 is 0 Å². The van der Waals surface area contributed by atoms with Gasteiger partial charge in [0.1, 0.15) is 17.0 Å². The lowest BCUT2D eigenvalue weighted by molar-refractivity contribution is 0.341. The van der Waals surface area contributed by atoms with Crippen LogP contribution in [0.5, 0.6) is 0 Å². The zero-order valence-electron chi connectivity index (χ0n) is 13.9. The summed E-state index contributed by atoms with van der Waals surface area (Å²) in [5.41, 5.74) is 2.93. The highest BCUT2D eigenvalue weighted by Crippen LogP contribution is 2.21. The molecule has 3 rings (SSSR count). The van der Waals surface area contributed by atoms with Crippen LogP contribution in [0.4, 0.5) is 6.01 Å². The van der Waals surface area contributed by atoms with Gasteiger partial charge in [0.15, 0.2) is 5.58 Å². The van der Waals surface area contributed by atoms with Crippen LogP contribution < -0.4 is 5.32 Å². The molecule has 3 aromatic rings. The molecule has 5 nitrogen and oxygen atoms in total. The van der Waals surface area contributed by atoms with E-state index in [-0.39, 0.29) is 0 Å². The molecule has 0 fully saturated rings. The first-order valence-electron chi connectivity index (χ1n) is 7.99. The number of oxazole rings is 1. The molecular formula is C18H23N3O2. The number of benzene rings is 1. The molecule has 122 valence electrons. The Hall–Kier alpha value is -2.27. The molecule has 1 aromatic carbocycles. The highest BCUT2D eigenvalue weighted by Gasteiger charge is 2.07. The summed E-state index contributed by atoms with van der Waals surface area (Å²) in [6.07, 6.45) is 1.80. The zero-order chi connectivity index (χ0) is 16.2. The summed E-state index contributed by atoms with van der Waals surface area (Å²) >= 11 is 0. The van der Waals surface area contributed by atoms with Gasteiger partial charge in [0.05, 0.1) is 6.54 Å². The summed E-state index contributed by atoms with van der Waals surface area (Å²) in [5.74, 6) is 2.03. The van der Waals surface area contributed by atoms with E-state index < -0.39 is 0 Å². The average Bonchev–Trinajstić information content (AvgIpc) is 3.10. The van der Waals surface area contributed by atoms with Crippen molar-refractivity contribution < 1.29 is 8.83 Å². The van der Waals surface area contributed by atoms with Crippen LogP contribution in [0.15, 0.2) is 39.2 Å². The number of rotatable bonds is 7. The van der Waals surface area contributed by atoms with Crippen molar-refractivity contribution in [3.63, 3.8) is 0 Å². The quantitative estimate of drug-likeness (QED) is 0.721. The van der Waals surface area contributed by atoms with Crippen LogP contribution in [0.3, 0.4) is 0 Å². The Kier molecular flexibility index (Phi) is 4.67. The lowest BCUT2D eigenvalue weighted by Crippen LogP contribution is -2.09. The third-order valence-electron chi connectivity index (χ3n) is 3.63. The molecular weight excluding hydrogens is 290 g/mol. The maximum Gasteiger partial charge on any atom is 0.295 e. The van der Waals surface area contributed by atoms with Crippen molar-refractivity contribution in [1.29, 1.82) is 0 Å². The highest BCUT2D eigenvalue weighted by molar-refractivity contribution is 5.75. The first-order valence-corrected chi connectivity index (χ1v) is 7.99. The van der Waals surface area contributed by atoms with Gasteiger partial charge in [-0.2, -0.15) is 4.98 Å². The SMILES string of the molecule is CCNc1nc2ccc(CCc3ccc(CN(C)C)o3)cc2o1. The van der Waals surface area contributed by atoms with Gasteiger partial charge >= 0.3 is 0 Å². The molecule has 0 bridgehead atoms. The number of nitrogens with one attached hydrogen (secondary N) is 1. The second-order valence-electron chi connectivity index (χ2n) is 5.96. The third-order valence-corrected chi connectivity index (χ3v) is 3.63. The predicted octanol–water partition coefficient (Wildman–Crippen LogP) is 3.70. The van der Waals surface area contributed by atoms with E-state index in [9.17, 15) is 0 Å². The molecule has 5 heteroatoms. The van der Waals surface area contributed by atoms with Crippen molar-refractivity contribution >= 4 is 17.1 Å². The molecule has 0 atom stereocenters. The molecule has 1 N–H and O–H groups in total. The van der Waals surface area contributed by atoms with E-state index in [0.29, 0.717) is 6.01 Å². The van der Waals surface area contributed by atoms with Gasteiger partial charge in [-0.1, -0.05) is 6.07 Å². The molecule has 0 aliphatic rings. The van der Waals surface area contributed by atoms with E-state index in [4.69, 9.17) is 8.83 Å². The summed E-state index contributed by atoms with van der Waals surface area (Å²) in [6, 6.07) is 10.9. The molecule has 23 heavy (non-hydrogen) atoms. The second-order valence-corrected chi connectivity index (χ2v) is 5.96. The van der Waals surface area contributed by atoms with Crippen molar-refractivity contribution in [3.8, 4) is 0 Å². The minimum atomic E-state index is 0.582. The summed E-state index contributed by atoms with van der Waals surface area (Å²) in [7, 11) is 4.08. The number of hydrogen-bond donors (Lipinski definition) is 1. The standard InChI is InChI=1S/C18H23N3O2/c1-4-19-18-20-16-10-6-13(11-17(16)23-18)5-7-14-8-9-15(22-14)12-21(2)3/h6,8-11H,4-5,7,12H2,1-3H3,(H,19,20). The minimum absolute atomic E-state index is 0.582. The number of nitrogens with zero attached hydrogens (tertiary/aromatic N) is 2. The number of aryl methyl sites for hydroxylation is 2. The summed E-state index contributed by atoms with van der Waals surface area (Å²) in [6.45, 7) is 3.65. The van der Waals surface area contributed by atoms with Crippen molar-refractivity contribution in [2.75, 3.05) is 26.0 Å². The monoisotopic (exact) mass is 313 g/mol. The van der Waals surface area contributed by atoms with E-state index in [0.717, 1.165) is 48.6 Å². The largest absolute Gasteiger partial charge is 0.465 e. The van der Waals surface area contributed by atoms with Crippen LogP contribution in [0.2, 0.25) is 0 Å². The van der Waals surface area contributed by atoms with Gasteiger partial charge in [-0.3, -0.25) is 0 Å². The number of anilines is 1. The number of aromatic nitrogens is 1. The molecule has 0 saturated carbocycles. The Morgan fingerprint density at radius 3 is 2.65 bits per heavy atom. The van der Waals surface area contributed by atoms with Crippen molar-refractivity contribution in [1.82, 2.24) is 9.88 Å². The van der Waals surface area contributed by atoms with Gasteiger partial charge in [-0.15, -0.1) is 0 Å². The van der Waals surface area contributed by atoms with E-state index in [2.05, 4.69) is 39.5 Å². The van der Waals surface area contributed by atoms with Gasteiger partial charge in [0.25, 0.3) is 6.01 Å². The Morgan fingerprint density at radius 1 is 1.04 bits per heavy atom. The van der Waals surface area contributed by atoms with Crippen LogP contribution in [0.25, 0.3) is 11.1 Å². The second kappa shape index (κ2) is 6.87. The highest BCUT2D eigenvalue weighted by atomic mass is 16.4. The Balaban J connectivity index is 1.65.